The Kier molecular flexibility index (Phi) is 5.02. The number of quaternary nitrogens is 1. The Hall–Kier alpha value is -1.39. The average Bonchev–Trinajstić information content (AvgIpc) is 2.58. The number of aliphatic hydroxyl groups excluding tert-OH is 1. The molecular formula is C19H23ClNO2+. The first-order valence-electron chi connectivity index (χ1n) is 8.12. The first kappa shape index (κ1) is 16.5. The number of benzene rings is 2. The van der Waals surface area contributed by atoms with Crippen molar-refractivity contribution < 1.29 is 15.1 Å². The van der Waals surface area contributed by atoms with E-state index in [1.54, 1.807) is 0 Å². The lowest BCUT2D eigenvalue weighted by Crippen LogP contribution is -3.14. The van der Waals surface area contributed by atoms with Crippen LogP contribution in [0.15, 0.2) is 54.6 Å². The third-order valence-corrected chi connectivity index (χ3v) is 5.08. The minimum Gasteiger partial charge on any atom is -0.385 e. The van der Waals surface area contributed by atoms with Gasteiger partial charge in [0.1, 0.15) is 18.2 Å². The summed E-state index contributed by atoms with van der Waals surface area (Å²) in [6.45, 7) is 2.38. The van der Waals surface area contributed by atoms with Crippen molar-refractivity contribution >= 4 is 11.6 Å². The van der Waals surface area contributed by atoms with Crippen molar-refractivity contribution in [1.82, 2.24) is 0 Å². The number of hydrogen-bond donors (Lipinski definition) is 3. The zero-order chi connectivity index (χ0) is 16.3. The Bertz CT molecular complexity index is 622. The van der Waals surface area contributed by atoms with E-state index in [9.17, 15) is 10.2 Å². The summed E-state index contributed by atoms with van der Waals surface area (Å²) in [5.41, 5.74) is 1.12. The second kappa shape index (κ2) is 7.02. The van der Waals surface area contributed by atoms with E-state index < -0.39 is 11.7 Å². The largest absolute Gasteiger partial charge is 0.385 e. The highest BCUT2D eigenvalue weighted by molar-refractivity contribution is 6.30. The lowest BCUT2D eigenvalue weighted by atomic mass is 9.84. The highest BCUT2D eigenvalue weighted by Gasteiger charge is 2.36. The third kappa shape index (κ3) is 3.93. The molecule has 0 bridgehead atoms. The molecule has 3 nitrogen and oxygen atoms in total. The van der Waals surface area contributed by atoms with Gasteiger partial charge in [0.2, 0.25) is 0 Å². The van der Waals surface area contributed by atoms with Gasteiger partial charge in [-0.05, 0) is 23.3 Å². The van der Waals surface area contributed by atoms with Gasteiger partial charge in [-0.1, -0.05) is 54.1 Å². The molecular weight excluding hydrogens is 310 g/mol. The second-order valence-corrected chi connectivity index (χ2v) is 6.86. The van der Waals surface area contributed by atoms with Crippen LogP contribution in [0.5, 0.6) is 0 Å². The number of rotatable bonds is 4. The molecule has 0 aliphatic carbocycles. The molecule has 0 unspecified atom stereocenters. The van der Waals surface area contributed by atoms with Gasteiger partial charge in [-0.2, -0.15) is 0 Å². The number of likely N-dealkylation sites (tertiary alicyclic amines) is 1. The van der Waals surface area contributed by atoms with Crippen molar-refractivity contribution in [2.24, 2.45) is 0 Å². The van der Waals surface area contributed by atoms with E-state index in [1.807, 2.05) is 54.6 Å². The zero-order valence-corrected chi connectivity index (χ0v) is 13.8. The SMILES string of the molecule is O[C@H](C[NH+]1CCC(O)(c2ccc(Cl)cc2)CC1)c1ccccc1. The topological polar surface area (TPSA) is 44.9 Å². The standard InChI is InChI=1S/C19H22ClNO2/c20-17-8-6-16(7-9-17)19(23)10-12-21(13-11-19)14-18(22)15-4-2-1-3-5-15/h1-9,18,22-23H,10-14H2/p+1/t18-/m1/s1. The van der Waals surface area contributed by atoms with Crippen LogP contribution in [0.4, 0.5) is 0 Å². The predicted octanol–water partition coefficient (Wildman–Crippen LogP) is 1.94. The molecule has 3 rings (SSSR count). The molecule has 23 heavy (non-hydrogen) atoms. The van der Waals surface area contributed by atoms with Crippen LogP contribution in [0, 0.1) is 0 Å². The molecule has 2 aromatic rings. The summed E-state index contributed by atoms with van der Waals surface area (Å²) < 4.78 is 0. The molecule has 0 aromatic heterocycles. The first-order valence-corrected chi connectivity index (χ1v) is 8.50. The van der Waals surface area contributed by atoms with Crippen LogP contribution in [0.1, 0.15) is 30.1 Å². The van der Waals surface area contributed by atoms with E-state index in [2.05, 4.69) is 0 Å². The molecule has 1 saturated heterocycles. The Labute approximate surface area is 142 Å². The zero-order valence-electron chi connectivity index (χ0n) is 13.1. The second-order valence-electron chi connectivity index (χ2n) is 6.42. The van der Waals surface area contributed by atoms with E-state index in [1.165, 1.54) is 4.90 Å². The van der Waals surface area contributed by atoms with E-state index in [4.69, 9.17) is 11.6 Å². The van der Waals surface area contributed by atoms with Gasteiger partial charge in [-0.15, -0.1) is 0 Å². The number of hydrogen-bond acceptors (Lipinski definition) is 2. The molecule has 0 radical (unpaired) electrons. The Morgan fingerprint density at radius 3 is 2.22 bits per heavy atom. The summed E-state index contributed by atoms with van der Waals surface area (Å²) in [7, 11) is 0. The van der Waals surface area contributed by atoms with Crippen molar-refractivity contribution in [2.45, 2.75) is 24.5 Å². The summed E-state index contributed by atoms with van der Waals surface area (Å²) in [5, 5.41) is 21.9. The maximum absolute atomic E-state index is 10.9. The quantitative estimate of drug-likeness (QED) is 0.801. The summed E-state index contributed by atoms with van der Waals surface area (Å²) in [6, 6.07) is 17.2. The monoisotopic (exact) mass is 332 g/mol. The van der Waals surface area contributed by atoms with Crippen molar-refractivity contribution in [2.75, 3.05) is 19.6 Å². The molecule has 4 heteroatoms. The van der Waals surface area contributed by atoms with Crippen molar-refractivity contribution in [1.29, 1.82) is 0 Å². The molecule has 1 heterocycles. The lowest BCUT2D eigenvalue weighted by Gasteiger charge is -2.37. The Morgan fingerprint density at radius 1 is 1.00 bits per heavy atom. The fourth-order valence-corrected chi connectivity index (χ4v) is 3.46. The lowest BCUT2D eigenvalue weighted by molar-refractivity contribution is -0.911. The van der Waals surface area contributed by atoms with Gasteiger partial charge < -0.3 is 15.1 Å². The predicted molar refractivity (Wildman–Crippen MR) is 91.5 cm³/mol. The smallest absolute Gasteiger partial charge is 0.128 e. The Morgan fingerprint density at radius 2 is 1.61 bits per heavy atom. The van der Waals surface area contributed by atoms with Crippen LogP contribution in [-0.4, -0.2) is 29.8 Å². The fourth-order valence-electron chi connectivity index (χ4n) is 3.34. The molecule has 3 N–H and O–H groups in total. The highest BCUT2D eigenvalue weighted by Crippen LogP contribution is 2.30. The minimum absolute atomic E-state index is 0.451. The number of nitrogens with one attached hydrogen (secondary N) is 1. The number of piperidine rings is 1. The third-order valence-electron chi connectivity index (χ3n) is 4.83. The van der Waals surface area contributed by atoms with Crippen molar-refractivity contribution in [3.05, 3.63) is 70.7 Å². The maximum atomic E-state index is 10.9. The number of aliphatic hydroxyl groups is 2. The van der Waals surface area contributed by atoms with E-state index in [0.717, 1.165) is 24.2 Å². The van der Waals surface area contributed by atoms with Crippen LogP contribution in [0.2, 0.25) is 5.02 Å². The maximum Gasteiger partial charge on any atom is 0.128 e. The minimum atomic E-state index is -0.772. The first-order chi connectivity index (χ1) is 11.1. The molecule has 0 amide bonds. The van der Waals surface area contributed by atoms with Gasteiger partial charge in [0.25, 0.3) is 0 Å². The number of halogens is 1. The van der Waals surface area contributed by atoms with Crippen LogP contribution in [0.25, 0.3) is 0 Å². The van der Waals surface area contributed by atoms with E-state index >= 15 is 0 Å². The molecule has 122 valence electrons. The molecule has 1 atom stereocenters. The Balaban J connectivity index is 1.59. The molecule has 0 spiro atoms. The van der Waals surface area contributed by atoms with Gasteiger partial charge in [-0.25, -0.2) is 0 Å². The van der Waals surface area contributed by atoms with Gasteiger partial charge in [-0.3, -0.25) is 0 Å². The van der Waals surface area contributed by atoms with Crippen molar-refractivity contribution in [3.63, 3.8) is 0 Å². The summed E-state index contributed by atoms with van der Waals surface area (Å²) in [4.78, 5) is 1.33. The summed E-state index contributed by atoms with van der Waals surface area (Å²) >= 11 is 5.92. The normalized spacial score (nSPS) is 26.0. The van der Waals surface area contributed by atoms with Crippen LogP contribution < -0.4 is 4.90 Å². The van der Waals surface area contributed by atoms with E-state index in [0.29, 0.717) is 24.4 Å². The van der Waals surface area contributed by atoms with Gasteiger partial charge in [0, 0.05) is 17.9 Å². The van der Waals surface area contributed by atoms with Crippen LogP contribution in [0.3, 0.4) is 0 Å². The van der Waals surface area contributed by atoms with Gasteiger partial charge in [0.05, 0.1) is 13.1 Å². The fraction of sp³-hybridized carbons (Fsp3) is 0.368. The molecule has 1 aliphatic heterocycles. The summed E-state index contributed by atoms with van der Waals surface area (Å²) in [5.74, 6) is 0. The molecule has 0 saturated carbocycles. The van der Waals surface area contributed by atoms with E-state index in [-0.39, 0.29) is 0 Å². The average molecular weight is 333 g/mol. The highest BCUT2D eigenvalue weighted by atomic mass is 35.5. The molecule has 1 fully saturated rings. The van der Waals surface area contributed by atoms with Gasteiger partial charge in [0.15, 0.2) is 0 Å². The van der Waals surface area contributed by atoms with Crippen LogP contribution in [-0.2, 0) is 5.60 Å². The molecule has 2 aromatic carbocycles. The van der Waals surface area contributed by atoms with Crippen LogP contribution >= 0.6 is 11.6 Å². The van der Waals surface area contributed by atoms with Crippen molar-refractivity contribution in [3.8, 4) is 0 Å². The molecule has 1 aliphatic rings. The summed E-state index contributed by atoms with van der Waals surface area (Å²) in [6.07, 6.45) is 0.949. The van der Waals surface area contributed by atoms with Gasteiger partial charge >= 0.3 is 0 Å².